The van der Waals surface area contributed by atoms with Crippen LogP contribution in [0.1, 0.15) is 11.1 Å². The van der Waals surface area contributed by atoms with Crippen molar-refractivity contribution in [2.45, 2.75) is 13.5 Å². The molecule has 0 fully saturated rings. The molecule has 0 amide bonds. The average molecular weight is 201 g/mol. The van der Waals surface area contributed by atoms with Gasteiger partial charge in [0.2, 0.25) is 10.4 Å². The molecule has 0 saturated heterocycles. The molecule has 13 heavy (non-hydrogen) atoms. The van der Waals surface area contributed by atoms with E-state index in [1.54, 1.807) is 12.1 Å². The van der Waals surface area contributed by atoms with Crippen LogP contribution in [0.5, 0.6) is 0 Å². The molecule has 0 bridgehead atoms. The molecule has 0 unspecified atom stereocenters. The lowest BCUT2D eigenvalue weighted by molar-refractivity contribution is 0.253. The van der Waals surface area contributed by atoms with E-state index in [-0.39, 0.29) is 6.61 Å². The third-order valence-corrected chi connectivity index (χ3v) is 1.90. The van der Waals surface area contributed by atoms with Crippen molar-refractivity contribution in [3.63, 3.8) is 0 Å². The Kier molecular flexibility index (Phi) is 3.02. The summed E-state index contributed by atoms with van der Waals surface area (Å²) in [5, 5.41) is 0. The largest absolute Gasteiger partial charge is 0.726 e. The molecule has 1 rings (SSSR count). The summed E-state index contributed by atoms with van der Waals surface area (Å²) in [6.07, 6.45) is 0. The second-order valence-corrected chi connectivity index (χ2v) is 3.71. The summed E-state index contributed by atoms with van der Waals surface area (Å²) >= 11 is 0. The first kappa shape index (κ1) is 10.2. The Morgan fingerprint density at radius 1 is 1.31 bits per heavy atom. The molecule has 0 saturated carbocycles. The van der Waals surface area contributed by atoms with Gasteiger partial charge in [-0.3, -0.25) is 4.18 Å². The van der Waals surface area contributed by atoms with Crippen LogP contribution < -0.4 is 0 Å². The Morgan fingerprint density at radius 3 is 2.31 bits per heavy atom. The zero-order chi connectivity index (χ0) is 9.90. The van der Waals surface area contributed by atoms with Crippen molar-refractivity contribution in [3.05, 3.63) is 35.4 Å². The van der Waals surface area contributed by atoms with Crippen LogP contribution >= 0.6 is 0 Å². The summed E-state index contributed by atoms with van der Waals surface area (Å²) in [6, 6.07) is 7.05. The smallest absolute Gasteiger partial charge is 0.217 e. The first-order chi connectivity index (χ1) is 5.97. The molecule has 0 atom stereocenters. The molecule has 0 aromatic heterocycles. The first-order valence-electron chi connectivity index (χ1n) is 3.63. The minimum Gasteiger partial charge on any atom is -0.726 e. The van der Waals surface area contributed by atoms with Gasteiger partial charge in [0.15, 0.2) is 0 Å². The van der Waals surface area contributed by atoms with Gasteiger partial charge in [-0.25, -0.2) is 8.42 Å². The van der Waals surface area contributed by atoms with Gasteiger partial charge in [0.1, 0.15) is 0 Å². The lowest BCUT2D eigenvalue weighted by Gasteiger charge is -2.07. The van der Waals surface area contributed by atoms with E-state index in [1.165, 1.54) is 0 Å². The molecular formula is C8H9O4S-. The Morgan fingerprint density at radius 2 is 1.85 bits per heavy atom. The fourth-order valence-electron chi connectivity index (χ4n) is 0.825. The Hall–Kier alpha value is -0.910. The number of benzene rings is 1. The second kappa shape index (κ2) is 3.87. The highest BCUT2D eigenvalue weighted by Crippen LogP contribution is 2.05. The zero-order valence-electron chi connectivity index (χ0n) is 7.06. The van der Waals surface area contributed by atoms with E-state index in [2.05, 4.69) is 4.18 Å². The van der Waals surface area contributed by atoms with Crippen molar-refractivity contribution in [1.29, 1.82) is 0 Å². The zero-order valence-corrected chi connectivity index (χ0v) is 7.87. The highest BCUT2D eigenvalue weighted by atomic mass is 32.3. The van der Waals surface area contributed by atoms with E-state index >= 15 is 0 Å². The SMILES string of the molecule is Cc1ccc(COS(=O)(=O)[O-])cc1. The molecule has 1 aromatic rings. The maximum absolute atomic E-state index is 10.1. The fraction of sp³-hybridized carbons (Fsp3) is 0.250. The molecule has 72 valence electrons. The summed E-state index contributed by atoms with van der Waals surface area (Å²) in [4.78, 5) is 0. The minimum atomic E-state index is -4.58. The first-order valence-corrected chi connectivity index (χ1v) is 4.96. The van der Waals surface area contributed by atoms with E-state index < -0.39 is 10.4 Å². The second-order valence-electron chi connectivity index (χ2n) is 2.66. The van der Waals surface area contributed by atoms with Crippen molar-refractivity contribution < 1.29 is 17.2 Å². The van der Waals surface area contributed by atoms with Crippen molar-refractivity contribution in [2.75, 3.05) is 0 Å². The molecule has 0 N–H and O–H groups in total. The van der Waals surface area contributed by atoms with Crippen molar-refractivity contribution in [3.8, 4) is 0 Å². The summed E-state index contributed by atoms with van der Waals surface area (Å²) in [6.45, 7) is 1.71. The highest BCUT2D eigenvalue weighted by molar-refractivity contribution is 7.80. The van der Waals surface area contributed by atoms with Crippen LogP contribution in [0.25, 0.3) is 0 Å². The fourth-order valence-corrected chi connectivity index (χ4v) is 1.10. The van der Waals surface area contributed by atoms with Gasteiger partial charge in [-0.05, 0) is 12.5 Å². The molecule has 0 aliphatic heterocycles. The number of aryl methyl sites for hydroxylation is 1. The maximum atomic E-state index is 10.1. The number of rotatable bonds is 3. The van der Waals surface area contributed by atoms with Crippen LogP contribution in [-0.2, 0) is 21.2 Å². The third-order valence-electron chi connectivity index (χ3n) is 1.49. The molecule has 0 aliphatic rings. The lowest BCUT2D eigenvalue weighted by Crippen LogP contribution is -2.03. The monoisotopic (exact) mass is 201 g/mol. The Bertz CT molecular complexity index is 366. The van der Waals surface area contributed by atoms with Crippen molar-refractivity contribution in [1.82, 2.24) is 0 Å². The van der Waals surface area contributed by atoms with Gasteiger partial charge in [0, 0.05) is 0 Å². The van der Waals surface area contributed by atoms with Crippen molar-refractivity contribution in [2.24, 2.45) is 0 Å². The molecule has 0 spiro atoms. The summed E-state index contributed by atoms with van der Waals surface area (Å²) in [5.74, 6) is 0. The standard InChI is InChI=1S/C8H10O4S/c1-7-2-4-8(5-3-7)6-12-13(9,10)11/h2-5H,6H2,1H3,(H,9,10,11)/p-1. The van der Waals surface area contributed by atoms with E-state index in [9.17, 15) is 13.0 Å². The minimum absolute atomic E-state index is 0.202. The third kappa shape index (κ3) is 4.02. The Labute approximate surface area is 77.1 Å². The topological polar surface area (TPSA) is 66.4 Å². The van der Waals surface area contributed by atoms with Crippen molar-refractivity contribution >= 4 is 10.4 Å². The van der Waals surface area contributed by atoms with Gasteiger partial charge in [-0.2, -0.15) is 0 Å². The molecule has 0 heterocycles. The van der Waals surface area contributed by atoms with Crippen LogP contribution in [0.2, 0.25) is 0 Å². The number of hydrogen-bond donors (Lipinski definition) is 0. The maximum Gasteiger partial charge on any atom is 0.217 e. The predicted molar refractivity (Wildman–Crippen MR) is 45.7 cm³/mol. The van der Waals surface area contributed by atoms with Crippen LogP contribution in [0.3, 0.4) is 0 Å². The summed E-state index contributed by atoms with van der Waals surface area (Å²) < 4.78 is 34.4. The molecule has 1 aromatic carbocycles. The summed E-state index contributed by atoms with van der Waals surface area (Å²) in [7, 11) is -4.58. The van der Waals surface area contributed by atoms with E-state index in [0.717, 1.165) is 5.56 Å². The van der Waals surface area contributed by atoms with Crippen LogP contribution in [-0.4, -0.2) is 13.0 Å². The number of hydrogen-bond acceptors (Lipinski definition) is 4. The van der Waals surface area contributed by atoms with Gasteiger partial charge in [-0.15, -0.1) is 0 Å². The van der Waals surface area contributed by atoms with Gasteiger partial charge in [-0.1, -0.05) is 29.8 Å². The van der Waals surface area contributed by atoms with Gasteiger partial charge in [0.25, 0.3) is 0 Å². The molecule has 0 aliphatic carbocycles. The molecule has 0 radical (unpaired) electrons. The van der Waals surface area contributed by atoms with Crippen LogP contribution in [0.4, 0.5) is 0 Å². The van der Waals surface area contributed by atoms with E-state index in [4.69, 9.17) is 0 Å². The normalized spacial score (nSPS) is 11.5. The molecule has 5 heteroatoms. The van der Waals surface area contributed by atoms with E-state index in [1.807, 2.05) is 19.1 Å². The van der Waals surface area contributed by atoms with E-state index in [0.29, 0.717) is 5.56 Å². The predicted octanol–water partition coefficient (Wildman–Crippen LogP) is 0.972. The summed E-state index contributed by atoms with van der Waals surface area (Å²) in [5.41, 5.74) is 1.72. The molecular weight excluding hydrogens is 192 g/mol. The molecule has 4 nitrogen and oxygen atoms in total. The average Bonchev–Trinajstić information content (AvgIpc) is 2.02. The van der Waals surface area contributed by atoms with Gasteiger partial charge in [0.05, 0.1) is 6.61 Å². The lowest BCUT2D eigenvalue weighted by atomic mass is 10.2. The van der Waals surface area contributed by atoms with Gasteiger partial charge < -0.3 is 4.55 Å². The van der Waals surface area contributed by atoms with Crippen LogP contribution in [0.15, 0.2) is 24.3 Å². The van der Waals surface area contributed by atoms with Gasteiger partial charge >= 0.3 is 0 Å². The Balaban J connectivity index is 2.61. The quantitative estimate of drug-likeness (QED) is 0.540. The van der Waals surface area contributed by atoms with Crippen LogP contribution in [0, 0.1) is 6.92 Å². The highest BCUT2D eigenvalue weighted by Gasteiger charge is 1.96.